The summed E-state index contributed by atoms with van der Waals surface area (Å²) in [5.74, 6) is 2.95. The maximum atomic E-state index is 14.3. The molecule has 7 heteroatoms. The number of esters is 2. The standard InChI is InChI=1S/C37H29NO6/c1-3-42-35(40)33(39)31-32(26-17-9-6-10-18-26)38-30-22-14-13-20-28(30)27-19-11-12-21-29(27)34(38)44-37(31,36(41)43-4-2)24-23-25-15-7-5-8-16-25/h5-22,34H,3-4H2,1-2H3. The molecule has 0 aromatic heterocycles. The van der Waals surface area contributed by atoms with E-state index in [-0.39, 0.29) is 18.8 Å². The predicted octanol–water partition coefficient (Wildman–Crippen LogP) is 6.10. The van der Waals surface area contributed by atoms with Gasteiger partial charge in [0.25, 0.3) is 11.4 Å². The summed E-state index contributed by atoms with van der Waals surface area (Å²) in [4.78, 5) is 43.7. The number of benzene rings is 4. The first-order valence-electron chi connectivity index (χ1n) is 14.4. The highest BCUT2D eigenvalue weighted by Crippen LogP contribution is 2.54. The molecule has 6 rings (SSSR count). The summed E-state index contributed by atoms with van der Waals surface area (Å²) in [6.07, 6.45) is -0.912. The van der Waals surface area contributed by atoms with E-state index >= 15 is 0 Å². The Labute approximate surface area is 255 Å². The maximum Gasteiger partial charge on any atom is 0.379 e. The van der Waals surface area contributed by atoms with Gasteiger partial charge < -0.3 is 19.1 Å². The number of ketones is 1. The van der Waals surface area contributed by atoms with Gasteiger partial charge in [-0.1, -0.05) is 96.9 Å². The second-order valence-corrected chi connectivity index (χ2v) is 10.1. The lowest BCUT2D eigenvalue weighted by Crippen LogP contribution is -2.55. The summed E-state index contributed by atoms with van der Waals surface area (Å²) in [6.45, 7) is 3.22. The molecule has 0 saturated heterocycles. The van der Waals surface area contributed by atoms with Crippen LogP contribution < -0.4 is 4.90 Å². The average molecular weight is 584 g/mol. The highest BCUT2D eigenvalue weighted by Gasteiger charge is 2.58. The zero-order valence-electron chi connectivity index (χ0n) is 24.3. The van der Waals surface area contributed by atoms with Gasteiger partial charge in [0.05, 0.1) is 30.2 Å². The molecule has 0 amide bonds. The van der Waals surface area contributed by atoms with Crippen LogP contribution in [0.15, 0.2) is 115 Å². The van der Waals surface area contributed by atoms with Gasteiger partial charge in [-0.3, -0.25) is 4.79 Å². The van der Waals surface area contributed by atoms with E-state index in [9.17, 15) is 14.4 Å². The van der Waals surface area contributed by atoms with Crippen LogP contribution in [0, 0.1) is 11.8 Å². The Balaban J connectivity index is 1.76. The molecule has 2 atom stereocenters. The van der Waals surface area contributed by atoms with Crippen LogP contribution in [0.1, 0.15) is 36.8 Å². The van der Waals surface area contributed by atoms with Crippen LogP contribution in [-0.4, -0.2) is 36.5 Å². The molecular weight excluding hydrogens is 554 g/mol. The van der Waals surface area contributed by atoms with Gasteiger partial charge in [-0.15, -0.1) is 0 Å². The summed E-state index contributed by atoms with van der Waals surface area (Å²) < 4.78 is 17.6. The van der Waals surface area contributed by atoms with Crippen molar-refractivity contribution in [2.75, 3.05) is 18.1 Å². The molecule has 2 unspecified atom stereocenters. The predicted molar refractivity (Wildman–Crippen MR) is 166 cm³/mol. The second-order valence-electron chi connectivity index (χ2n) is 10.1. The van der Waals surface area contributed by atoms with Crippen molar-refractivity contribution in [1.29, 1.82) is 0 Å². The molecule has 0 aliphatic carbocycles. The largest absolute Gasteiger partial charge is 0.463 e. The maximum absolute atomic E-state index is 14.3. The van der Waals surface area contributed by atoms with E-state index < -0.39 is 29.6 Å². The van der Waals surface area contributed by atoms with E-state index in [0.29, 0.717) is 16.8 Å². The minimum atomic E-state index is -2.29. The Morgan fingerprint density at radius 2 is 1.39 bits per heavy atom. The number of nitrogens with zero attached hydrogens (tertiary/aromatic N) is 1. The molecule has 7 nitrogen and oxygen atoms in total. The number of hydrogen-bond donors (Lipinski definition) is 0. The minimum absolute atomic E-state index is 0.00763. The third-order valence-corrected chi connectivity index (χ3v) is 7.49. The number of carbonyl (C=O) groups is 3. The molecule has 0 saturated carbocycles. The first-order valence-corrected chi connectivity index (χ1v) is 14.4. The molecule has 44 heavy (non-hydrogen) atoms. The summed E-state index contributed by atoms with van der Waals surface area (Å²) in [7, 11) is 0. The van der Waals surface area contributed by atoms with Gasteiger partial charge >= 0.3 is 11.9 Å². The van der Waals surface area contributed by atoms with Crippen molar-refractivity contribution in [2.45, 2.75) is 25.7 Å². The van der Waals surface area contributed by atoms with Crippen LogP contribution in [0.5, 0.6) is 0 Å². The molecule has 2 aliphatic rings. The van der Waals surface area contributed by atoms with Gasteiger partial charge in [0.2, 0.25) is 0 Å². The summed E-state index contributed by atoms with van der Waals surface area (Å²) >= 11 is 0. The van der Waals surface area contributed by atoms with E-state index in [4.69, 9.17) is 14.2 Å². The van der Waals surface area contributed by atoms with Gasteiger partial charge in [-0.25, -0.2) is 9.59 Å². The fourth-order valence-corrected chi connectivity index (χ4v) is 5.66. The Hall–Kier alpha value is -5.45. The van der Waals surface area contributed by atoms with Crippen LogP contribution in [0.4, 0.5) is 5.69 Å². The van der Waals surface area contributed by atoms with Crippen molar-refractivity contribution >= 4 is 29.1 Å². The van der Waals surface area contributed by atoms with Crippen LogP contribution in [0.25, 0.3) is 16.8 Å². The van der Waals surface area contributed by atoms with Crippen molar-refractivity contribution in [1.82, 2.24) is 0 Å². The van der Waals surface area contributed by atoms with Crippen LogP contribution in [0.2, 0.25) is 0 Å². The zero-order chi connectivity index (χ0) is 30.7. The van der Waals surface area contributed by atoms with Gasteiger partial charge in [0.15, 0.2) is 6.23 Å². The van der Waals surface area contributed by atoms with Gasteiger partial charge in [-0.2, -0.15) is 0 Å². The SMILES string of the molecule is CCOC(=O)C(=O)C1=C(c2ccccc2)N2c3ccccc3-c3ccccc3C2OC1(C#Cc1ccccc1)C(=O)OCC. The van der Waals surface area contributed by atoms with Crippen molar-refractivity contribution in [2.24, 2.45) is 0 Å². The molecular formula is C37H29NO6. The molecule has 2 aliphatic heterocycles. The van der Waals surface area contributed by atoms with Crippen LogP contribution in [-0.2, 0) is 28.6 Å². The topological polar surface area (TPSA) is 82.1 Å². The van der Waals surface area contributed by atoms with Gasteiger partial charge in [0, 0.05) is 16.7 Å². The lowest BCUT2D eigenvalue weighted by atomic mass is 9.81. The summed E-state index contributed by atoms with van der Waals surface area (Å²) in [5, 5.41) is 0. The molecule has 4 aromatic rings. The van der Waals surface area contributed by atoms with Crippen LogP contribution >= 0.6 is 0 Å². The fraction of sp³-hybridized carbons (Fsp3) is 0.162. The van der Waals surface area contributed by atoms with E-state index in [1.807, 2.05) is 102 Å². The number of anilines is 1. The average Bonchev–Trinajstić information content (AvgIpc) is 3.07. The monoisotopic (exact) mass is 583 g/mol. The van der Waals surface area contributed by atoms with Crippen LogP contribution in [0.3, 0.4) is 0 Å². The lowest BCUT2D eigenvalue weighted by molar-refractivity contribution is -0.169. The second kappa shape index (κ2) is 12.0. The number of hydrogen-bond acceptors (Lipinski definition) is 7. The molecule has 2 heterocycles. The van der Waals surface area contributed by atoms with E-state index in [2.05, 4.69) is 11.8 Å². The molecule has 0 spiro atoms. The Morgan fingerprint density at radius 3 is 2.09 bits per heavy atom. The number of para-hydroxylation sites is 1. The smallest absolute Gasteiger partial charge is 0.379 e. The van der Waals surface area contributed by atoms with Gasteiger partial charge in [0.1, 0.15) is 0 Å². The number of carbonyl (C=O) groups excluding carboxylic acids is 3. The quantitative estimate of drug-likeness (QED) is 0.154. The number of ether oxygens (including phenoxy) is 3. The third kappa shape index (κ3) is 4.85. The number of rotatable bonds is 6. The molecule has 218 valence electrons. The normalized spacial score (nSPS) is 18.1. The Morgan fingerprint density at radius 1 is 0.773 bits per heavy atom. The number of fused-ring (bicyclic) bond motifs is 6. The van der Waals surface area contributed by atoms with Crippen molar-refractivity contribution in [3.8, 4) is 23.0 Å². The third-order valence-electron chi connectivity index (χ3n) is 7.49. The molecule has 0 radical (unpaired) electrons. The first-order chi connectivity index (χ1) is 21.5. The van der Waals surface area contributed by atoms with Crippen molar-refractivity contribution in [3.05, 3.63) is 131 Å². The summed E-state index contributed by atoms with van der Waals surface area (Å²) in [5.41, 5.74) is 2.21. The fourth-order valence-electron chi connectivity index (χ4n) is 5.66. The molecule has 4 aromatic carbocycles. The molecule has 0 N–H and O–H groups in total. The zero-order valence-corrected chi connectivity index (χ0v) is 24.3. The van der Waals surface area contributed by atoms with E-state index in [0.717, 1.165) is 22.4 Å². The Bertz CT molecular complexity index is 1840. The lowest BCUT2D eigenvalue weighted by Gasteiger charge is -2.49. The van der Waals surface area contributed by atoms with Crippen molar-refractivity contribution in [3.63, 3.8) is 0 Å². The number of Topliss-reactive ketones (excluding diaryl/α,β-unsaturated/α-hetero) is 1. The van der Waals surface area contributed by atoms with Crippen molar-refractivity contribution < 1.29 is 28.6 Å². The summed E-state index contributed by atoms with van der Waals surface area (Å²) in [6, 6.07) is 33.6. The first kappa shape index (κ1) is 28.7. The minimum Gasteiger partial charge on any atom is -0.463 e. The Kier molecular flexibility index (Phi) is 7.84. The van der Waals surface area contributed by atoms with E-state index in [1.54, 1.807) is 26.0 Å². The van der Waals surface area contributed by atoms with E-state index in [1.165, 1.54) is 0 Å². The highest BCUT2D eigenvalue weighted by atomic mass is 16.6. The highest BCUT2D eigenvalue weighted by molar-refractivity contribution is 6.44. The molecule has 0 bridgehead atoms. The van der Waals surface area contributed by atoms with Gasteiger partial charge in [-0.05, 0) is 49.1 Å². The molecule has 0 fully saturated rings.